The van der Waals surface area contributed by atoms with Crippen molar-refractivity contribution in [2.45, 2.75) is 19.8 Å². The van der Waals surface area contributed by atoms with Gasteiger partial charge in [-0.2, -0.15) is 5.10 Å². The predicted octanol–water partition coefficient (Wildman–Crippen LogP) is 2.10. The lowest BCUT2D eigenvalue weighted by Gasteiger charge is -2.13. The SMILES string of the molecule is Cc1cc(F)c(Br)cc1NC(=O)C1=NNC(=O)CC1. The monoisotopic (exact) mass is 327 g/mol. The second kappa shape index (κ2) is 5.48. The maximum absolute atomic E-state index is 13.3. The zero-order chi connectivity index (χ0) is 14.0. The summed E-state index contributed by atoms with van der Waals surface area (Å²) in [5, 5.41) is 6.34. The van der Waals surface area contributed by atoms with E-state index in [1.54, 1.807) is 6.92 Å². The highest BCUT2D eigenvalue weighted by atomic mass is 79.9. The highest BCUT2D eigenvalue weighted by Crippen LogP contribution is 2.24. The van der Waals surface area contributed by atoms with Gasteiger partial charge in [-0.3, -0.25) is 9.59 Å². The molecule has 0 saturated carbocycles. The summed E-state index contributed by atoms with van der Waals surface area (Å²) < 4.78 is 13.5. The molecule has 1 aromatic rings. The Kier molecular flexibility index (Phi) is 3.94. The summed E-state index contributed by atoms with van der Waals surface area (Å²) in [6.07, 6.45) is 0.525. The number of carbonyl (C=O) groups is 2. The van der Waals surface area contributed by atoms with Crippen molar-refractivity contribution >= 4 is 39.1 Å². The predicted molar refractivity (Wildman–Crippen MR) is 72.3 cm³/mol. The van der Waals surface area contributed by atoms with Crippen LogP contribution in [0.2, 0.25) is 0 Å². The average molecular weight is 328 g/mol. The maximum Gasteiger partial charge on any atom is 0.271 e. The molecule has 1 aliphatic rings. The van der Waals surface area contributed by atoms with E-state index in [0.29, 0.717) is 17.7 Å². The van der Waals surface area contributed by atoms with Crippen molar-refractivity contribution in [1.29, 1.82) is 0 Å². The van der Waals surface area contributed by atoms with Crippen molar-refractivity contribution in [3.63, 3.8) is 0 Å². The Balaban J connectivity index is 2.15. The topological polar surface area (TPSA) is 70.6 Å². The third kappa shape index (κ3) is 3.17. The molecule has 0 unspecified atom stereocenters. The van der Waals surface area contributed by atoms with Crippen molar-refractivity contribution in [2.24, 2.45) is 5.10 Å². The number of nitrogens with zero attached hydrogens (tertiary/aromatic N) is 1. The maximum atomic E-state index is 13.3. The summed E-state index contributed by atoms with van der Waals surface area (Å²) in [5.41, 5.74) is 3.61. The first-order valence-corrected chi connectivity index (χ1v) is 6.39. The van der Waals surface area contributed by atoms with Crippen LogP contribution in [0.1, 0.15) is 18.4 Å². The van der Waals surface area contributed by atoms with Crippen molar-refractivity contribution in [2.75, 3.05) is 5.32 Å². The van der Waals surface area contributed by atoms with E-state index < -0.39 is 11.7 Å². The van der Waals surface area contributed by atoms with Gasteiger partial charge in [-0.1, -0.05) is 0 Å². The summed E-state index contributed by atoms with van der Waals surface area (Å²) >= 11 is 3.06. The molecule has 19 heavy (non-hydrogen) atoms. The number of benzene rings is 1. The largest absolute Gasteiger partial charge is 0.321 e. The number of rotatable bonds is 2. The number of carbonyl (C=O) groups excluding carboxylic acids is 2. The van der Waals surface area contributed by atoms with Crippen LogP contribution in [-0.4, -0.2) is 17.5 Å². The molecule has 1 aromatic carbocycles. The molecule has 0 radical (unpaired) electrons. The lowest BCUT2D eigenvalue weighted by Crippen LogP contribution is -2.32. The first-order valence-electron chi connectivity index (χ1n) is 5.60. The zero-order valence-electron chi connectivity index (χ0n) is 10.1. The molecule has 2 rings (SSSR count). The second-order valence-corrected chi connectivity index (χ2v) is 4.98. The van der Waals surface area contributed by atoms with Crippen molar-refractivity contribution in [1.82, 2.24) is 5.43 Å². The van der Waals surface area contributed by atoms with Crippen LogP contribution in [0, 0.1) is 12.7 Å². The average Bonchev–Trinajstić information content (AvgIpc) is 2.36. The quantitative estimate of drug-likeness (QED) is 0.873. The lowest BCUT2D eigenvalue weighted by molar-refractivity contribution is -0.121. The van der Waals surface area contributed by atoms with Crippen LogP contribution >= 0.6 is 15.9 Å². The van der Waals surface area contributed by atoms with Gasteiger partial charge in [0.15, 0.2) is 0 Å². The van der Waals surface area contributed by atoms with E-state index in [4.69, 9.17) is 0 Å². The number of nitrogens with one attached hydrogen (secondary N) is 2. The van der Waals surface area contributed by atoms with Crippen LogP contribution in [0.5, 0.6) is 0 Å². The Bertz CT molecular complexity index is 587. The fraction of sp³-hybridized carbons (Fsp3) is 0.250. The molecule has 5 nitrogen and oxygen atoms in total. The van der Waals surface area contributed by atoms with E-state index in [1.165, 1.54) is 12.1 Å². The number of aryl methyl sites for hydroxylation is 1. The van der Waals surface area contributed by atoms with Gasteiger partial charge < -0.3 is 5.32 Å². The van der Waals surface area contributed by atoms with E-state index in [1.807, 2.05) is 0 Å². The van der Waals surface area contributed by atoms with Gasteiger partial charge in [-0.15, -0.1) is 0 Å². The van der Waals surface area contributed by atoms with Gasteiger partial charge >= 0.3 is 0 Å². The molecular weight excluding hydrogens is 317 g/mol. The van der Waals surface area contributed by atoms with Crippen LogP contribution in [0.3, 0.4) is 0 Å². The van der Waals surface area contributed by atoms with Gasteiger partial charge in [-0.25, -0.2) is 9.82 Å². The molecule has 7 heteroatoms. The van der Waals surface area contributed by atoms with E-state index in [-0.39, 0.29) is 22.5 Å². The van der Waals surface area contributed by atoms with Crippen molar-refractivity contribution in [3.8, 4) is 0 Å². The minimum atomic E-state index is -0.401. The van der Waals surface area contributed by atoms with Crippen LogP contribution in [0.25, 0.3) is 0 Å². The third-order valence-electron chi connectivity index (χ3n) is 2.68. The summed E-state index contributed by atoms with van der Waals surface area (Å²) in [5.74, 6) is -1.00. The zero-order valence-corrected chi connectivity index (χ0v) is 11.7. The van der Waals surface area contributed by atoms with Gasteiger partial charge in [0.1, 0.15) is 11.5 Å². The lowest BCUT2D eigenvalue weighted by atomic mass is 10.1. The number of hydrogen-bond acceptors (Lipinski definition) is 3. The number of amides is 2. The van der Waals surface area contributed by atoms with Crippen LogP contribution in [-0.2, 0) is 9.59 Å². The second-order valence-electron chi connectivity index (χ2n) is 4.13. The number of hydrazone groups is 1. The number of anilines is 1. The fourth-order valence-corrected chi connectivity index (χ4v) is 1.96. The van der Waals surface area contributed by atoms with E-state index in [0.717, 1.165) is 0 Å². The molecule has 0 fully saturated rings. The smallest absolute Gasteiger partial charge is 0.271 e. The van der Waals surface area contributed by atoms with E-state index in [9.17, 15) is 14.0 Å². The van der Waals surface area contributed by atoms with Crippen molar-refractivity contribution in [3.05, 3.63) is 28.0 Å². The van der Waals surface area contributed by atoms with Gasteiger partial charge in [0.2, 0.25) is 5.91 Å². The highest BCUT2D eigenvalue weighted by molar-refractivity contribution is 9.10. The summed E-state index contributed by atoms with van der Waals surface area (Å²) in [6, 6.07) is 2.81. The van der Waals surface area contributed by atoms with E-state index in [2.05, 4.69) is 31.8 Å². The molecule has 0 atom stereocenters. The molecule has 0 aromatic heterocycles. The van der Waals surface area contributed by atoms with E-state index >= 15 is 0 Å². The first kappa shape index (κ1) is 13.7. The standard InChI is InChI=1S/C12H11BrFN3O2/c1-6-4-8(14)7(13)5-10(6)15-12(19)9-2-3-11(18)17-16-9/h4-5H,2-3H2,1H3,(H,15,19)(H,17,18). The Morgan fingerprint density at radius 1 is 1.47 bits per heavy atom. The Morgan fingerprint density at radius 2 is 2.21 bits per heavy atom. The highest BCUT2D eigenvalue weighted by Gasteiger charge is 2.19. The summed E-state index contributed by atoms with van der Waals surface area (Å²) in [4.78, 5) is 22.8. The third-order valence-corrected chi connectivity index (χ3v) is 3.29. The van der Waals surface area contributed by atoms with Crippen LogP contribution in [0.4, 0.5) is 10.1 Å². The molecule has 0 spiro atoms. The number of halogens is 2. The molecule has 2 N–H and O–H groups in total. The van der Waals surface area contributed by atoms with Gasteiger partial charge in [0.25, 0.3) is 5.91 Å². The molecule has 0 aliphatic carbocycles. The van der Waals surface area contributed by atoms with Gasteiger partial charge in [0.05, 0.1) is 4.47 Å². The molecule has 1 heterocycles. The van der Waals surface area contributed by atoms with Crippen LogP contribution in [0.15, 0.2) is 21.7 Å². The minimum Gasteiger partial charge on any atom is -0.321 e. The van der Waals surface area contributed by atoms with Crippen LogP contribution < -0.4 is 10.7 Å². The molecular formula is C12H11BrFN3O2. The number of hydrogen-bond donors (Lipinski definition) is 2. The van der Waals surface area contributed by atoms with Gasteiger partial charge in [-0.05, 0) is 40.5 Å². The Morgan fingerprint density at radius 3 is 2.84 bits per heavy atom. The Labute approximate surface area is 117 Å². The summed E-state index contributed by atoms with van der Waals surface area (Å²) in [7, 11) is 0. The molecule has 1 aliphatic heterocycles. The molecule has 2 amide bonds. The van der Waals surface area contributed by atoms with Crippen molar-refractivity contribution < 1.29 is 14.0 Å². The van der Waals surface area contributed by atoms with Gasteiger partial charge in [0, 0.05) is 18.5 Å². The minimum absolute atomic E-state index is 0.211. The fourth-order valence-electron chi connectivity index (χ4n) is 1.61. The normalized spacial score (nSPS) is 14.7. The molecule has 0 saturated heterocycles. The molecule has 0 bridgehead atoms. The first-order chi connectivity index (χ1) is 8.97. The molecule has 100 valence electrons. The summed E-state index contributed by atoms with van der Waals surface area (Å²) in [6.45, 7) is 1.69. The Hall–Kier alpha value is -1.76.